The van der Waals surface area contributed by atoms with Crippen molar-refractivity contribution >= 4 is 0 Å². The third-order valence-electron chi connectivity index (χ3n) is 6.43. The Morgan fingerprint density at radius 3 is 2.53 bits per heavy atom. The van der Waals surface area contributed by atoms with Crippen molar-refractivity contribution in [3.63, 3.8) is 0 Å². The highest BCUT2D eigenvalue weighted by molar-refractivity contribution is 5.36. The van der Waals surface area contributed by atoms with E-state index >= 15 is 0 Å². The third-order valence-corrected chi connectivity index (χ3v) is 6.43. The molecular formula is C26H35NO3. The van der Waals surface area contributed by atoms with E-state index in [1.54, 1.807) is 0 Å². The van der Waals surface area contributed by atoms with Crippen molar-refractivity contribution in [2.75, 3.05) is 13.1 Å². The molecule has 2 atom stereocenters. The lowest BCUT2D eigenvalue weighted by Crippen LogP contribution is -2.50. The van der Waals surface area contributed by atoms with Gasteiger partial charge in [-0.05, 0) is 56.4 Å². The number of ether oxygens (including phenoxy) is 2. The van der Waals surface area contributed by atoms with Gasteiger partial charge in [-0.25, -0.2) is 0 Å². The molecule has 2 fully saturated rings. The average molecular weight is 410 g/mol. The molecule has 0 saturated carbocycles. The number of benzene rings is 2. The van der Waals surface area contributed by atoms with E-state index in [1.807, 2.05) is 6.07 Å². The normalized spacial score (nSPS) is 24.3. The number of hydrogen-bond donors (Lipinski definition) is 1. The summed E-state index contributed by atoms with van der Waals surface area (Å²) in [4.78, 5) is 2.50. The molecule has 30 heavy (non-hydrogen) atoms. The highest BCUT2D eigenvalue weighted by atomic mass is 16.5. The van der Waals surface area contributed by atoms with Crippen LogP contribution in [0.4, 0.5) is 0 Å². The maximum absolute atomic E-state index is 10.6. The second-order valence-electron chi connectivity index (χ2n) is 9.34. The fourth-order valence-corrected chi connectivity index (χ4v) is 4.92. The largest absolute Gasteiger partial charge is 0.491 e. The lowest BCUT2D eigenvalue weighted by molar-refractivity contribution is -0.184. The van der Waals surface area contributed by atoms with Crippen LogP contribution in [0, 0.1) is 6.92 Å². The molecule has 0 radical (unpaired) electrons. The Morgan fingerprint density at radius 1 is 1.13 bits per heavy atom. The monoisotopic (exact) mass is 409 g/mol. The van der Waals surface area contributed by atoms with Crippen LogP contribution < -0.4 is 4.74 Å². The van der Waals surface area contributed by atoms with Crippen LogP contribution >= 0.6 is 0 Å². The summed E-state index contributed by atoms with van der Waals surface area (Å²) in [7, 11) is 0. The zero-order valence-electron chi connectivity index (χ0n) is 18.5. The quantitative estimate of drug-likeness (QED) is 0.752. The Bertz CT molecular complexity index is 827. The second-order valence-corrected chi connectivity index (χ2v) is 9.34. The van der Waals surface area contributed by atoms with E-state index in [1.165, 1.54) is 16.7 Å². The number of aliphatic hydroxyl groups excluding tert-OH is 1. The topological polar surface area (TPSA) is 41.9 Å². The molecule has 162 valence electrons. The van der Waals surface area contributed by atoms with Crippen molar-refractivity contribution in [3.05, 3.63) is 65.2 Å². The first-order valence-corrected chi connectivity index (χ1v) is 11.3. The SMILES string of the molecule is Cc1cc(CN2CCC3(CC2)C[C@H](O)C[C@H](c2ccccc2)O3)ccc1OC(C)C. The molecule has 0 bridgehead atoms. The molecule has 2 heterocycles. The molecule has 0 aromatic heterocycles. The van der Waals surface area contributed by atoms with Gasteiger partial charge in [0.05, 0.1) is 23.9 Å². The number of piperidine rings is 1. The van der Waals surface area contributed by atoms with Gasteiger partial charge in [0.2, 0.25) is 0 Å². The molecule has 4 rings (SSSR count). The van der Waals surface area contributed by atoms with E-state index in [9.17, 15) is 5.11 Å². The van der Waals surface area contributed by atoms with Gasteiger partial charge >= 0.3 is 0 Å². The maximum atomic E-state index is 10.6. The molecule has 0 unspecified atom stereocenters. The Morgan fingerprint density at radius 2 is 1.87 bits per heavy atom. The molecule has 1 N–H and O–H groups in total. The van der Waals surface area contributed by atoms with Crippen LogP contribution in [-0.2, 0) is 11.3 Å². The third kappa shape index (κ3) is 5.05. The van der Waals surface area contributed by atoms with E-state index in [2.05, 4.69) is 68.1 Å². The summed E-state index contributed by atoms with van der Waals surface area (Å²) in [5, 5.41) is 10.6. The van der Waals surface area contributed by atoms with Crippen molar-refractivity contribution in [2.24, 2.45) is 0 Å². The van der Waals surface area contributed by atoms with Gasteiger partial charge in [-0.15, -0.1) is 0 Å². The van der Waals surface area contributed by atoms with E-state index in [0.717, 1.165) is 44.6 Å². The zero-order chi connectivity index (χ0) is 21.1. The van der Waals surface area contributed by atoms with Crippen molar-refractivity contribution in [1.29, 1.82) is 0 Å². The summed E-state index contributed by atoms with van der Waals surface area (Å²) in [5.41, 5.74) is 3.50. The van der Waals surface area contributed by atoms with E-state index < -0.39 is 0 Å². The van der Waals surface area contributed by atoms with Crippen LogP contribution in [0.2, 0.25) is 0 Å². The summed E-state index contributed by atoms with van der Waals surface area (Å²) >= 11 is 0. The van der Waals surface area contributed by atoms with Gasteiger partial charge < -0.3 is 14.6 Å². The first-order valence-electron chi connectivity index (χ1n) is 11.3. The zero-order valence-corrected chi connectivity index (χ0v) is 18.5. The highest BCUT2D eigenvalue weighted by Crippen LogP contribution is 2.43. The minimum atomic E-state index is -0.286. The van der Waals surface area contributed by atoms with E-state index in [4.69, 9.17) is 9.47 Å². The van der Waals surface area contributed by atoms with Crippen molar-refractivity contribution < 1.29 is 14.6 Å². The first-order chi connectivity index (χ1) is 14.4. The molecule has 4 nitrogen and oxygen atoms in total. The van der Waals surface area contributed by atoms with Gasteiger partial charge in [0.25, 0.3) is 0 Å². The number of aliphatic hydroxyl groups is 1. The van der Waals surface area contributed by atoms with Gasteiger partial charge in [-0.1, -0.05) is 42.5 Å². The van der Waals surface area contributed by atoms with Gasteiger partial charge in [0, 0.05) is 32.5 Å². The minimum Gasteiger partial charge on any atom is -0.491 e. The number of rotatable bonds is 5. The van der Waals surface area contributed by atoms with Crippen LogP contribution in [0.3, 0.4) is 0 Å². The summed E-state index contributed by atoms with van der Waals surface area (Å²) in [5.74, 6) is 0.975. The van der Waals surface area contributed by atoms with E-state index in [-0.39, 0.29) is 23.9 Å². The molecular weight excluding hydrogens is 374 g/mol. The lowest BCUT2D eigenvalue weighted by atomic mass is 9.81. The van der Waals surface area contributed by atoms with Gasteiger partial charge in [0.15, 0.2) is 0 Å². The van der Waals surface area contributed by atoms with Gasteiger partial charge in [-0.2, -0.15) is 0 Å². The van der Waals surface area contributed by atoms with E-state index in [0.29, 0.717) is 6.42 Å². The summed E-state index contributed by atoms with van der Waals surface area (Å²) in [6, 6.07) is 16.9. The predicted octanol–water partition coefficient (Wildman–Crippen LogP) is 5.03. The standard InChI is InChI=1S/C26H35NO3/c1-19(2)29-24-10-9-21(15-20(24)3)18-27-13-11-26(12-14-27)17-23(28)16-25(30-26)22-7-5-4-6-8-22/h4-10,15,19,23,25,28H,11-14,16-18H2,1-3H3/t23-,25-/m1/s1. The Balaban J connectivity index is 1.37. The Kier molecular flexibility index (Phi) is 6.47. The number of nitrogens with zero attached hydrogens (tertiary/aromatic N) is 1. The lowest BCUT2D eigenvalue weighted by Gasteiger charge is -2.48. The maximum Gasteiger partial charge on any atom is 0.122 e. The fraction of sp³-hybridized carbons (Fsp3) is 0.538. The smallest absolute Gasteiger partial charge is 0.122 e. The summed E-state index contributed by atoms with van der Waals surface area (Å²) < 4.78 is 12.5. The highest BCUT2D eigenvalue weighted by Gasteiger charge is 2.43. The second kappa shape index (κ2) is 9.09. The van der Waals surface area contributed by atoms with Gasteiger partial charge in [-0.3, -0.25) is 4.90 Å². The number of likely N-dealkylation sites (tertiary alicyclic amines) is 1. The summed E-state index contributed by atoms with van der Waals surface area (Å²) in [6.07, 6.45) is 3.30. The molecule has 2 aliphatic heterocycles. The molecule has 2 aromatic carbocycles. The average Bonchev–Trinajstić information content (AvgIpc) is 2.72. The fourth-order valence-electron chi connectivity index (χ4n) is 4.92. The van der Waals surface area contributed by atoms with Gasteiger partial charge in [0.1, 0.15) is 5.75 Å². The molecule has 1 spiro atoms. The minimum absolute atomic E-state index is 0.00217. The Labute approximate surface area is 180 Å². The molecule has 0 aliphatic carbocycles. The molecule has 4 heteroatoms. The van der Waals surface area contributed by atoms with Crippen LogP contribution in [0.5, 0.6) is 5.75 Å². The van der Waals surface area contributed by atoms with Crippen LogP contribution in [-0.4, -0.2) is 40.9 Å². The molecule has 2 aromatic rings. The first kappa shape index (κ1) is 21.4. The number of hydrogen-bond acceptors (Lipinski definition) is 4. The predicted molar refractivity (Wildman–Crippen MR) is 120 cm³/mol. The van der Waals surface area contributed by atoms with Crippen LogP contribution in [0.15, 0.2) is 48.5 Å². The van der Waals surface area contributed by atoms with Crippen LogP contribution in [0.1, 0.15) is 62.3 Å². The Hall–Kier alpha value is -1.88. The van der Waals surface area contributed by atoms with Crippen molar-refractivity contribution in [3.8, 4) is 5.75 Å². The van der Waals surface area contributed by atoms with Crippen molar-refractivity contribution in [1.82, 2.24) is 4.90 Å². The molecule has 2 aliphatic rings. The van der Waals surface area contributed by atoms with Crippen LogP contribution in [0.25, 0.3) is 0 Å². The van der Waals surface area contributed by atoms with Crippen molar-refractivity contribution in [2.45, 2.75) is 76.9 Å². The summed E-state index contributed by atoms with van der Waals surface area (Å²) in [6.45, 7) is 9.18. The molecule has 0 amide bonds. The molecule has 2 saturated heterocycles. The number of aryl methyl sites for hydroxylation is 1.